The van der Waals surface area contributed by atoms with E-state index in [-0.39, 0.29) is 24.2 Å². The maximum atomic E-state index is 12.9. The smallest absolute Gasteiger partial charge is 0.303 e. The van der Waals surface area contributed by atoms with Crippen molar-refractivity contribution in [1.82, 2.24) is 14.9 Å². The van der Waals surface area contributed by atoms with Gasteiger partial charge in [0.15, 0.2) is 0 Å². The van der Waals surface area contributed by atoms with Crippen LogP contribution in [-0.2, 0) is 11.2 Å². The van der Waals surface area contributed by atoms with Gasteiger partial charge >= 0.3 is 5.97 Å². The Hall–Kier alpha value is -3.35. The number of ether oxygens (including phenoxy) is 1. The number of aromatic amines is 1. The van der Waals surface area contributed by atoms with Crippen LogP contribution < -0.4 is 4.74 Å². The topological polar surface area (TPSA) is 95.5 Å². The SMILES string of the molecule is COc1ccc2nc(C[C@H]3CN(C(=O)c4ccccc4)CC[C@H]3CC(=O)O)[nH]c2c1. The second kappa shape index (κ2) is 8.57. The van der Waals surface area contributed by atoms with E-state index < -0.39 is 5.97 Å². The van der Waals surface area contributed by atoms with E-state index in [1.54, 1.807) is 7.11 Å². The van der Waals surface area contributed by atoms with Gasteiger partial charge in [0.2, 0.25) is 0 Å². The molecule has 0 bridgehead atoms. The molecule has 4 rings (SSSR count). The second-order valence-corrected chi connectivity index (χ2v) is 7.79. The summed E-state index contributed by atoms with van der Waals surface area (Å²) in [7, 11) is 1.62. The number of hydrogen-bond acceptors (Lipinski definition) is 4. The molecule has 2 aromatic carbocycles. The molecule has 1 aliphatic heterocycles. The van der Waals surface area contributed by atoms with Crippen LogP contribution >= 0.6 is 0 Å². The molecule has 0 radical (unpaired) electrons. The van der Waals surface area contributed by atoms with E-state index in [1.165, 1.54) is 0 Å². The van der Waals surface area contributed by atoms with E-state index in [9.17, 15) is 14.7 Å². The number of nitrogens with one attached hydrogen (secondary N) is 1. The lowest BCUT2D eigenvalue weighted by Crippen LogP contribution is -2.45. The van der Waals surface area contributed by atoms with Crippen LogP contribution in [0.4, 0.5) is 0 Å². The number of carbonyl (C=O) groups is 2. The minimum atomic E-state index is -0.804. The first kappa shape index (κ1) is 19.9. The third-order valence-corrected chi connectivity index (χ3v) is 5.83. The summed E-state index contributed by atoms with van der Waals surface area (Å²) in [5, 5.41) is 9.36. The summed E-state index contributed by atoms with van der Waals surface area (Å²) in [6, 6.07) is 14.9. The van der Waals surface area contributed by atoms with E-state index in [2.05, 4.69) is 9.97 Å². The molecule has 0 unspecified atom stereocenters. The fourth-order valence-electron chi connectivity index (χ4n) is 4.27. The Balaban J connectivity index is 1.55. The van der Waals surface area contributed by atoms with Gasteiger partial charge in [0.1, 0.15) is 11.6 Å². The number of nitrogens with zero attached hydrogens (tertiary/aromatic N) is 2. The van der Waals surface area contributed by atoms with Crippen molar-refractivity contribution in [3.8, 4) is 5.75 Å². The van der Waals surface area contributed by atoms with Crippen LogP contribution in [-0.4, -0.2) is 52.1 Å². The number of carboxylic acids is 1. The van der Waals surface area contributed by atoms with Crippen molar-refractivity contribution < 1.29 is 19.4 Å². The molecule has 2 atom stereocenters. The zero-order valence-electron chi connectivity index (χ0n) is 16.9. The van der Waals surface area contributed by atoms with Crippen LogP contribution in [0.25, 0.3) is 11.0 Å². The lowest BCUT2D eigenvalue weighted by atomic mass is 9.81. The van der Waals surface area contributed by atoms with Crippen molar-refractivity contribution in [1.29, 1.82) is 0 Å². The number of carbonyl (C=O) groups excluding carboxylic acids is 1. The van der Waals surface area contributed by atoms with Crippen LogP contribution in [0.1, 0.15) is 29.0 Å². The largest absolute Gasteiger partial charge is 0.497 e. The van der Waals surface area contributed by atoms with Crippen LogP contribution in [0, 0.1) is 11.8 Å². The first-order valence-electron chi connectivity index (χ1n) is 10.1. The van der Waals surface area contributed by atoms with Crippen LogP contribution in [0.2, 0.25) is 0 Å². The highest BCUT2D eigenvalue weighted by Gasteiger charge is 2.33. The first-order chi connectivity index (χ1) is 14.5. The standard InChI is InChI=1S/C23H25N3O4/c1-30-18-7-8-19-20(13-18)25-21(24-19)11-17-14-26(10-9-16(17)12-22(27)28)23(29)15-5-3-2-4-6-15/h2-8,13,16-17H,9-12,14H2,1H3,(H,24,25)(H,27,28)/t16-,17-/m0/s1. The summed E-state index contributed by atoms with van der Waals surface area (Å²) >= 11 is 0. The molecule has 2 heterocycles. The molecule has 3 aromatic rings. The van der Waals surface area contributed by atoms with Gasteiger partial charge in [-0.25, -0.2) is 4.98 Å². The van der Waals surface area contributed by atoms with Crippen molar-refractivity contribution in [2.24, 2.45) is 11.8 Å². The van der Waals surface area contributed by atoms with Gasteiger partial charge in [0.25, 0.3) is 5.91 Å². The average molecular weight is 407 g/mol. The molecule has 1 aliphatic rings. The van der Waals surface area contributed by atoms with Gasteiger partial charge in [-0.3, -0.25) is 9.59 Å². The Labute approximate surface area is 174 Å². The molecule has 30 heavy (non-hydrogen) atoms. The minimum Gasteiger partial charge on any atom is -0.497 e. The number of fused-ring (bicyclic) bond motifs is 1. The molecule has 1 aromatic heterocycles. The number of aromatic nitrogens is 2. The summed E-state index contributed by atoms with van der Waals surface area (Å²) in [4.78, 5) is 34.1. The van der Waals surface area contributed by atoms with Gasteiger partial charge in [0.05, 0.1) is 18.1 Å². The third-order valence-electron chi connectivity index (χ3n) is 5.83. The monoisotopic (exact) mass is 407 g/mol. The number of imidazole rings is 1. The van der Waals surface area contributed by atoms with E-state index in [1.807, 2.05) is 53.4 Å². The summed E-state index contributed by atoms with van der Waals surface area (Å²) in [5.41, 5.74) is 2.38. The maximum Gasteiger partial charge on any atom is 0.303 e. The van der Waals surface area contributed by atoms with Crippen molar-refractivity contribution in [2.45, 2.75) is 19.3 Å². The number of amides is 1. The number of benzene rings is 2. The summed E-state index contributed by atoms with van der Waals surface area (Å²) < 4.78 is 5.27. The van der Waals surface area contributed by atoms with Crippen molar-refractivity contribution in [2.75, 3.05) is 20.2 Å². The first-order valence-corrected chi connectivity index (χ1v) is 10.1. The fourth-order valence-corrected chi connectivity index (χ4v) is 4.27. The quantitative estimate of drug-likeness (QED) is 0.653. The molecule has 0 aliphatic carbocycles. The molecule has 1 fully saturated rings. The number of rotatable bonds is 6. The molecule has 0 spiro atoms. The van der Waals surface area contributed by atoms with E-state index in [4.69, 9.17) is 4.74 Å². The molecule has 0 saturated carbocycles. The summed E-state index contributed by atoms with van der Waals surface area (Å²) in [6.07, 6.45) is 1.36. The molecule has 1 saturated heterocycles. The highest BCUT2D eigenvalue weighted by molar-refractivity contribution is 5.94. The number of methoxy groups -OCH3 is 1. The number of hydrogen-bond donors (Lipinski definition) is 2. The zero-order chi connectivity index (χ0) is 21.1. The van der Waals surface area contributed by atoms with Crippen LogP contribution in [0.15, 0.2) is 48.5 Å². The fraction of sp³-hybridized carbons (Fsp3) is 0.348. The number of carboxylic acid groups (broad SMARTS) is 1. The Morgan fingerprint density at radius 1 is 1.20 bits per heavy atom. The molecule has 7 heteroatoms. The predicted molar refractivity (Wildman–Crippen MR) is 113 cm³/mol. The Morgan fingerprint density at radius 2 is 2.00 bits per heavy atom. The van der Waals surface area contributed by atoms with Crippen LogP contribution in [0.5, 0.6) is 5.75 Å². The third kappa shape index (κ3) is 4.30. The second-order valence-electron chi connectivity index (χ2n) is 7.79. The van der Waals surface area contributed by atoms with Crippen molar-refractivity contribution in [3.63, 3.8) is 0 Å². The number of aliphatic carboxylic acids is 1. The van der Waals surface area contributed by atoms with Gasteiger partial charge in [-0.2, -0.15) is 0 Å². The van der Waals surface area contributed by atoms with Crippen LogP contribution in [0.3, 0.4) is 0 Å². The number of likely N-dealkylation sites (tertiary alicyclic amines) is 1. The summed E-state index contributed by atoms with van der Waals surface area (Å²) in [5.74, 6) is 0.757. The zero-order valence-corrected chi connectivity index (χ0v) is 16.9. The lowest BCUT2D eigenvalue weighted by molar-refractivity contribution is -0.139. The minimum absolute atomic E-state index is 0.00470. The molecule has 156 valence electrons. The predicted octanol–water partition coefficient (Wildman–Crippen LogP) is 3.37. The number of H-pyrrole nitrogens is 1. The van der Waals surface area contributed by atoms with Crippen molar-refractivity contribution >= 4 is 22.9 Å². The van der Waals surface area contributed by atoms with E-state index in [0.29, 0.717) is 31.5 Å². The molecule has 1 amide bonds. The van der Waals surface area contributed by atoms with Gasteiger partial charge in [-0.05, 0) is 42.5 Å². The number of piperidine rings is 1. The average Bonchev–Trinajstić information content (AvgIpc) is 3.16. The van der Waals surface area contributed by atoms with Gasteiger partial charge in [0, 0.05) is 37.6 Å². The summed E-state index contributed by atoms with van der Waals surface area (Å²) in [6.45, 7) is 1.09. The highest BCUT2D eigenvalue weighted by atomic mass is 16.5. The van der Waals surface area contributed by atoms with E-state index >= 15 is 0 Å². The Bertz CT molecular complexity index is 1050. The Morgan fingerprint density at radius 3 is 2.73 bits per heavy atom. The normalized spacial score (nSPS) is 19.0. The lowest BCUT2D eigenvalue weighted by Gasteiger charge is -2.38. The maximum absolute atomic E-state index is 12.9. The molecule has 2 N–H and O–H groups in total. The Kier molecular flexibility index (Phi) is 5.70. The highest BCUT2D eigenvalue weighted by Crippen LogP contribution is 2.30. The molecular weight excluding hydrogens is 382 g/mol. The van der Waals surface area contributed by atoms with Crippen molar-refractivity contribution in [3.05, 3.63) is 59.9 Å². The van der Waals surface area contributed by atoms with Gasteiger partial charge < -0.3 is 19.7 Å². The van der Waals surface area contributed by atoms with Gasteiger partial charge in [-0.1, -0.05) is 18.2 Å². The van der Waals surface area contributed by atoms with E-state index in [0.717, 1.165) is 22.6 Å². The van der Waals surface area contributed by atoms with Gasteiger partial charge in [-0.15, -0.1) is 0 Å². The molecular formula is C23H25N3O4. The molecule has 7 nitrogen and oxygen atoms in total.